The van der Waals surface area contributed by atoms with Crippen LogP contribution in [0.2, 0.25) is 0 Å². The predicted octanol–water partition coefficient (Wildman–Crippen LogP) is 2.64. The summed E-state index contributed by atoms with van der Waals surface area (Å²) in [6, 6.07) is 8.46. The van der Waals surface area contributed by atoms with Crippen molar-refractivity contribution in [1.82, 2.24) is 14.8 Å². The predicted molar refractivity (Wildman–Crippen MR) is 96.7 cm³/mol. The molecule has 2 aromatic rings. The van der Waals surface area contributed by atoms with Crippen LogP contribution in [0.1, 0.15) is 36.0 Å². The van der Waals surface area contributed by atoms with Crippen molar-refractivity contribution < 1.29 is 9.53 Å². The lowest BCUT2D eigenvalue weighted by molar-refractivity contribution is -0.0950. The zero-order valence-electron chi connectivity index (χ0n) is 14.5. The maximum absolute atomic E-state index is 12.8. The maximum Gasteiger partial charge on any atom is 0.254 e. The van der Waals surface area contributed by atoms with Gasteiger partial charge in [-0.2, -0.15) is 0 Å². The number of rotatable bonds is 2. The van der Waals surface area contributed by atoms with Crippen molar-refractivity contribution in [2.24, 2.45) is 0 Å². The van der Waals surface area contributed by atoms with E-state index in [1.807, 2.05) is 35.4 Å². The maximum atomic E-state index is 12.8. The Morgan fingerprint density at radius 3 is 2.84 bits per heavy atom. The Morgan fingerprint density at radius 1 is 1.16 bits per heavy atom. The highest BCUT2D eigenvalue weighted by Crippen LogP contribution is 2.38. The number of hydrogen-bond acceptors (Lipinski definition) is 3. The van der Waals surface area contributed by atoms with Crippen LogP contribution in [0, 0.1) is 0 Å². The van der Waals surface area contributed by atoms with E-state index in [4.69, 9.17) is 4.74 Å². The number of carbonyl (C=O) groups is 1. The number of amides is 1. The third kappa shape index (κ3) is 2.66. The third-order valence-electron chi connectivity index (χ3n) is 6.14. The normalized spacial score (nSPS) is 26.2. The molecule has 3 aliphatic heterocycles. The molecule has 1 spiro atoms. The first kappa shape index (κ1) is 15.4. The number of aromatic nitrogens is 1. The van der Waals surface area contributed by atoms with E-state index in [1.165, 1.54) is 32.4 Å². The van der Waals surface area contributed by atoms with Crippen molar-refractivity contribution in [3.63, 3.8) is 0 Å². The van der Waals surface area contributed by atoms with Gasteiger partial charge in [-0.25, -0.2) is 0 Å². The molecule has 0 bridgehead atoms. The molecule has 0 saturated carbocycles. The standard InChI is InChI=1S/C20H25N3O2/c24-19(16-5-4-15-6-7-21-18(15)10-16)23-13-20(14-23)11-17(12-25-20)22-8-2-1-3-9-22/h4-7,10,17,21H,1-3,8-9,11-14H2. The molecule has 5 rings (SSSR count). The van der Waals surface area contributed by atoms with Gasteiger partial charge in [0.25, 0.3) is 5.91 Å². The van der Waals surface area contributed by atoms with E-state index in [2.05, 4.69) is 9.88 Å². The summed E-state index contributed by atoms with van der Waals surface area (Å²) in [5.41, 5.74) is 1.69. The Labute approximate surface area is 147 Å². The average Bonchev–Trinajstić information content (AvgIpc) is 3.27. The van der Waals surface area contributed by atoms with E-state index in [1.54, 1.807) is 0 Å². The van der Waals surface area contributed by atoms with Gasteiger partial charge < -0.3 is 14.6 Å². The molecule has 1 amide bonds. The monoisotopic (exact) mass is 339 g/mol. The lowest BCUT2D eigenvalue weighted by atomic mass is 9.88. The van der Waals surface area contributed by atoms with Gasteiger partial charge in [0.15, 0.2) is 0 Å². The minimum atomic E-state index is -0.0890. The number of hydrogen-bond donors (Lipinski definition) is 1. The number of carbonyl (C=O) groups excluding carboxylic acids is 1. The van der Waals surface area contributed by atoms with Gasteiger partial charge in [0, 0.05) is 23.3 Å². The Kier molecular flexibility index (Phi) is 3.61. The highest BCUT2D eigenvalue weighted by Gasteiger charge is 2.52. The summed E-state index contributed by atoms with van der Waals surface area (Å²) in [5.74, 6) is 0.118. The molecular formula is C20H25N3O2. The zero-order valence-corrected chi connectivity index (χ0v) is 14.5. The Balaban J connectivity index is 1.23. The fourth-order valence-electron chi connectivity index (χ4n) is 4.72. The summed E-state index contributed by atoms with van der Waals surface area (Å²) < 4.78 is 6.17. The molecule has 1 N–H and O–H groups in total. The van der Waals surface area contributed by atoms with Gasteiger partial charge in [0.2, 0.25) is 0 Å². The number of benzene rings is 1. The van der Waals surface area contributed by atoms with E-state index in [9.17, 15) is 4.79 Å². The van der Waals surface area contributed by atoms with E-state index >= 15 is 0 Å². The molecule has 0 radical (unpaired) electrons. The quantitative estimate of drug-likeness (QED) is 0.915. The molecular weight excluding hydrogens is 314 g/mol. The highest BCUT2D eigenvalue weighted by atomic mass is 16.5. The van der Waals surface area contributed by atoms with Gasteiger partial charge in [-0.3, -0.25) is 9.69 Å². The van der Waals surface area contributed by atoms with Crippen LogP contribution in [0.15, 0.2) is 30.5 Å². The molecule has 3 fully saturated rings. The molecule has 1 aromatic carbocycles. The summed E-state index contributed by atoms with van der Waals surface area (Å²) in [6.45, 7) is 4.72. The number of fused-ring (bicyclic) bond motifs is 1. The largest absolute Gasteiger partial charge is 0.370 e. The number of aromatic amines is 1. The second kappa shape index (κ2) is 5.85. The first-order valence-electron chi connectivity index (χ1n) is 9.47. The van der Waals surface area contributed by atoms with Crippen molar-refractivity contribution in [2.75, 3.05) is 32.8 Å². The summed E-state index contributed by atoms with van der Waals surface area (Å²) in [4.78, 5) is 20.5. The topological polar surface area (TPSA) is 48.6 Å². The van der Waals surface area contributed by atoms with Crippen LogP contribution >= 0.6 is 0 Å². The minimum absolute atomic E-state index is 0.0890. The van der Waals surface area contributed by atoms with Crippen molar-refractivity contribution in [3.05, 3.63) is 36.0 Å². The number of nitrogens with zero attached hydrogens (tertiary/aromatic N) is 2. The van der Waals surface area contributed by atoms with E-state index in [0.717, 1.165) is 42.6 Å². The lowest BCUT2D eigenvalue weighted by Gasteiger charge is -2.47. The van der Waals surface area contributed by atoms with Crippen molar-refractivity contribution in [1.29, 1.82) is 0 Å². The second-order valence-corrected chi connectivity index (χ2v) is 7.89. The van der Waals surface area contributed by atoms with Crippen molar-refractivity contribution >= 4 is 16.8 Å². The fourth-order valence-corrected chi connectivity index (χ4v) is 4.72. The van der Waals surface area contributed by atoms with E-state index in [-0.39, 0.29) is 11.5 Å². The number of nitrogens with one attached hydrogen (secondary N) is 1. The Bertz CT molecular complexity index is 787. The molecule has 1 aromatic heterocycles. The number of piperidine rings is 1. The van der Waals surface area contributed by atoms with Crippen LogP contribution in [0.5, 0.6) is 0 Å². The molecule has 5 nitrogen and oxygen atoms in total. The molecule has 132 valence electrons. The molecule has 25 heavy (non-hydrogen) atoms. The van der Waals surface area contributed by atoms with Gasteiger partial charge in [-0.1, -0.05) is 12.5 Å². The number of H-pyrrole nitrogens is 1. The molecule has 5 heteroatoms. The zero-order chi connectivity index (χ0) is 16.9. The van der Waals surface area contributed by atoms with Crippen LogP contribution in [0.3, 0.4) is 0 Å². The van der Waals surface area contributed by atoms with Gasteiger partial charge in [-0.05, 0) is 55.9 Å². The Hall–Kier alpha value is -1.85. The number of ether oxygens (including phenoxy) is 1. The van der Waals surface area contributed by atoms with Crippen molar-refractivity contribution in [2.45, 2.75) is 37.3 Å². The summed E-state index contributed by atoms with van der Waals surface area (Å²) in [5, 5.41) is 1.14. The van der Waals surface area contributed by atoms with Crippen LogP contribution in [0.25, 0.3) is 10.9 Å². The summed E-state index contributed by atoms with van der Waals surface area (Å²) in [6.07, 6.45) is 6.98. The molecule has 3 saturated heterocycles. The van der Waals surface area contributed by atoms with Gasteiger partial charge in [0.1, 0.15) is 5.60 Å². The smallest absolute Gasteiger partial charge is 0.254 e. The lowest BCUT2D eigenvalue weighted by Crippen LogP contribution is -2.63. The van der Waals surface area contributed by atoms with Crippen LogP contribution in [-0.4, -0.2) is 65.1 Å². The highest BCUT2D eigenvalue weighted by molar-refractivity contribution is 5.98. The van der Waals surface area contributed by atoms with Gasteiger partial charge in [-0.15, -0.1) is 0 Å². The van der Waals surface area contributed by atoms with E-state index in [0.29, 0.717) is 6.04 Å². The molecule has 0 aliphatic carbocycles. The fraction of sp³-hybridized carbons (Fsp3) is 0.550. The first-order valence-corrected chi connectivity index (χ1v) is 9.47. The van der Waals surface area contributed by atoms with Crippen molar-refractivity contribution in [3.8, 4) is 0 Å². The van der Waals surface area contributed by atoms with E-state index < -0.39 is 0 Å². The second-order valence-electron chi connectivity index (χ2n) is 7.89. The minimum Gasteiger partial charge on any atom is -0.370 e. The molecule has 3 aliphatic rings. The summed E-state index contributed by atoms with van der Waals surface area (Å²) >= 11 is 0. The SMILES string of the molecule is O=C(c1ccc2cc[nH]c2c1)N1CC2(CC(N3CCCCC3)CO2)C1. The molecule has 1 atom stereocenters. The Morgan fingerprint density at radius 2 is 2.00 bits per heavy atom. The third-order valence-corrected chi connectivity index (χ3v) is 6.14. The average molecular weight is 339 g/mol. The molecule has 1 unspecified atom stereocenters. The first-order chi connectivity index (χ1) is 12.2. The van der Waals surface area contributed by atoms with Crippen LogP contribution in [-0.2, 0) is 4.74 Å². The van der Waals surface area contributed by atoms with Gasteiger partial charge in [0.05, 0.1) is 19.7 Å². The van der Waals surface area contributed by atoms with Gasteiger partial charge >= 0.3 is 0 Å². The molecule has 4 heterocycles. The number of likely N-dealkylation sites (tertiary alicyclic amines) is 2. The van der Waals surface area contributed by atoms with Crippen LogP contribution < -0.4 is 0 Å². The van der Waals surface area contributed by atoms with Crippen LogP contribution in [0.4, 0.5) is 0 Å². The summed E-state index contributed by atoms with van der Waals surface area (Å²) in [7, 11) is 0.